The molecule has 1 N–H and O–H groups in total. The van der Waals surface area contributed by atoms with Crippen LogP contribution in [0.25, 0.3) is 10.9 Å². The van der Waals surface area contributed by atoms with Crippen molar-refractivity contribution in [1.82, 2.24) is 14.8 Å². The first-order chi connectivity index (χ1) is 10.7. The highest BCUT2D eigenvalue weighted by atomic mass is 16.2. The normalized spacial score (nSPS) is 10.6. The van der Waals surface area contributed by atoms with Gasteiger partial charge >= 0.3 is 0 Å². The molecule has 0 saturated heterocycles. The van der Waals surface area contributed by atoms with Gasteiger partial charge in [-0.15, -0.1) is 0 Å². The minimum Gasteiger partial charge on any atom is -0.355 e. The van der Waals surface area contributed by atoms with Gasteiger partial charge in [0.2, 0.25) is 11.8 Å². The van der Waals surface area contributed by atoms with Crippen molar-refractivity contribution in [2.24, 2.45) is 0 Å². The number of para-hydroxylation sites is 1. The van der Waals surface area contributed by atoms with Crippen LogP contribution in [0.5, 0.6) is 0 Å². The molecule has 22 heavy (non-hydrogen) atoms. The highest BCUT2D eigenvalue weighted by Crippen LogP contribution is 2.15. The summed E-state index contributed by atoms with van der Waals surface area (Å²) in [6.45, 7) is 5.64. The molecule has 5 heteroatoms. The highest BCUT2D eigenvalue weighted by Gasteiger charge is 2.15. The molecule has 1 aromatic heterocycles. The molecule has 0 unspecified atom stereocenters. The molecule has 0 aliphatic carbocycles. The van der Waals surface area contributed by atoms with Crippen molar-refractivity contribution in [2.45, 2.75) is 26.8 Å². The fraction of sp³-hybridized carbons (Fsp3) is 0.412. The van der Waals surface area contributed by atoms with Crippen LogP contribution in [0.3, 0.4) is 0 Å². The Morgan fingerprint density at radius 3 is 2.68 bits per heavy atom. The van der Waals surface area contributed by atoms with E-state index in [1.54, 1.807) is 4.90 Å². The Balaban J connectivity index is 1.94. The first-order valence-corrected chi connectivity index (χ1v) is 7.74. The van der Waals surface area contributed by atoms with Gasteiger partial charge in [0.1, 0.15) is 0 Å². The smallest absolute Gasteiger partial charge is 0.239 e. The van der Waals surface area contributed by atoms with Crippen LogP contribution in [-0.4, -0.2) is 40.9 Å². The van der Waals surface area contributed by atoms with Gasteiger partial charge in [0.15, 0.2) is 0 Å². The molecule has 118 valence electrons. The Morgan fingerprint density at radius 1 is 1.18 bits per heavy atom. The lowest BCUT2D eigenvalue weighted by Crippen LogP contribution is -2.40. The van der Waals surface area contributed by atoms with Gasteiger partial charge in [-0.05, 0) is 31.4 Å². The van der Waals surface area contributed by atoms with Crippen molar-refractivity contribution in [1.29, 1.82) is 0 Å². The van der Waals surface area contributed by atoms with E-state index in [-0.39, 0.29) is 18.4 Å². The van der Waals surface area contributed by atoms with Gasteiger partial charge in [-0.1, -0.05) is 18.2 Å². The highest BCUT2D eigenvalue weighted by molar-refractivity contribution is 5.85. The molecule has 0 saturated carbocycles. The number of amides is 2. The van der Waals surface area contributed by atoms with Crippen molar-refractivity contribution < 1.29 is 9.59 Å². The maximum Gasteiger partial charge on any atom is 0.239 e. The minimum atomic E-state index is -0.107. The van der Waals surface area contributed by atoms with Gasteiger partial charge in [-0.25, -0.2) is 0 Å². The number of benzene rings is 1. The number of aromatic nitrogens is 1. The lowest BCUT2D eigenvalue weighted by atomic mass is 10.2. The predicted molar refractivity (Wildman–Crippen MR) is 87.5 cm³/mol. The molecule has 1 aromatic carbocycles. The molecule has 0 radical (unpaired) electrons. The van der Waals surface area contributed by atoms with Gasteiger partial charge in [-0.2, -0.15) is 0 Å². The second-order valence-corrected chi connectivity index (χ2v) is 5.18. The van der Waals surface area contributed by atoms with Crippen LogP contribution in [0, 0.1) is 0 Å². The van der Waals surface area contributed by atoms with Gasteiger partial charge < -0.3 is 14.8 Å². The van der Waals surface area contributed by atoms with Crippen LogP contribution < -0.4 is 5.32 Å². The predicted octanol–water partition coefficient (Wildman–Crippen LogP) is 2.02. The van der Waals surface area contributed by atoms with E-state index in [1.807, 2.05) is 44.3 Å². The molecule has 0 atom stereocenters. The van der Waals surface area contributed by atoms with Crippen molar-refractivity contribution >= 4 is 22.7 Å². The summed E-state index contributed by atoms with van der Waals surface area (Å²) in [6.07, 6.45) is 2.39. The standard InChI is InChI=1S/C17H23N3O2/c1-3-18-16(21)13-19(4-2)17(22)10-12-20-11-9-14-7-5-6-8-15(14)20/h5-9,11H,3-4,10,12-13H2,1-2H3,(H,18,21). The van der Waals surface area contributed by atoms with E-state index in [0.29, 0.717) is 26.1 Å². The number of nitrogens with one attached hydrogen (secondary N) is 1. The second kappa shape index (κ2) is 7.64. The summed E-state index contributed by atoms with van der Waals surface area (Å²) in [6, 6.07) is 10.1. The quantitative estimate of drug-likeness (QED) is 0.850. The third-order valence-corrected chi connectivity index (χ3v) is 3.69. The minimum absolute atomic E-state index is 0.00605. The van der Waals surface area contributed by atoms with Gasteiger partial charge in [0.25, 0.3) is 0 Å². The molecule has 0 aliphatic rings. The van der Waals surface area contributed by atoms with Crippen LogP contribution in [-0.2, 0) is 16.1 Å². The summed E-state index contributed by atoms with van der Waals surface area (Å²) in [5.41, 5.74) is 1.13. The number of likely N-dealkylation sites (N-methyl/N-ethyl adjacent to an activating group) is 2. The van der Waals surface area contributed by atoms with Gasteiger partial charge in [0, 0.05) is 37.8 Å². The Kier molecular flexibility index (Phi) is 5.58. The molecular formula is C17H23N3O2. The molecule has 0 spiro atoms. The van der Waals surface area contributed by atoms with Crippen molar-refractivity contribution in [3.63, 3.8) is 0 Å². The Hall–Kier alpha value is -2.30. The Morgan fingerprint density at radius 2 is 1.95 bits per heavy atom. The average molecular weight is 301 g/mol. The number of rotatable bonds is 7. The fourth-order valence-electron chi connectivity index (χ4n) is 2.51. The van der Waals surface area contributed by atoms with Gasteiger partial charge in [-0.3, -0.25) is 9.59 Å². The summed E-state index contributed by atoms with van der Waals surface area (Å²) >= 11 is 0. The first-order valence-electron chi connectivity index (χ1n) is 7.74. The van der Waals surface area contributed by atoms with E-state index < -0.39 is 0 Å². The third-order valence-electron chi connectivity index (χ3n) is 3.69. The molecule has 1 heterocycles. The maximum absolute atomic E-state index is 12.3. The molecular weight excluding hydrogens is 278 g/mol. The summed E-state index contributed by atoms with van der Waals surface area (Å²) in [4.78, 5) is 25.5. The van der Waals surface area contributed by atoms with E-state index in [1.165, 1.54) is 5.39 Å². The Labute approximate surface area is 130 Å². The first kappa shape index (κ1) is 16.1. The lowest BCUT2D eigenvalue weighted by Gasteiger charge is -2.20. The van der Waals surface area contributed by atoms with Crippen LogP contribution in [0.2, 0.25) is 0 Å². The lowest BCUT2D eigenvalue weighted by molar-refractivity contribution is -0.136. The number of nitrogens with zero attached hydrogens (tertiary/aromatic N) is 2. The number of carbonyl (C=O) groups is 2. The van der Waals surface area contributed by atoms with Crippen molar-refractivity contribution in [3.05, 3.63) is 36.5 Å². The van der Waals surface area contributed by atoms with E-state index in [0.717, 1.165) is 5.52 Å². The molecule has 5 nitrogen and oxygen atoms in total. The molecule has 0 fully saturated rings. The van der Waals surface area contributed by atoms with Crippen LogP contribution in [0.4, 0.5) is 0 Å². The zero-order chi connectivity index (χ0) is 15.9. The molecule has 0 aliphatic heterocycles. The van der Waals surface area contributed by atoms with Crippen LogP contribution in [0.15, 0.2) is 36.5 Å². The van der Waals surface area contributed by atoms with E-state index in [4.69, 9.17) is 0 Å². The SMILES string of the molecule is CCNC(=O)CN(CC)C(=O)CCn1ccc2ccccc21. The summed E-state index contributed by atoms with van der Waals surface area (Å²) in [7, 11) is 0. The monoisotopic (exact) mass is 301 g/mol. The largest absolute Gasteiger partial charge is 0.355 e. The van der Waals surface area contributed by atoms with E-state index in [2.05, 4.69) is 16.0 Å². The summed E-state index contributed by atoms with van der Waals surface area (Å²) in [5, 5.41) is 3.89. The van der Waals surface area contributed by atoms with E-state index in [9.17, 15) is 9.59 Å². The second-order valence-electron chi connectivity index (χ2n) is 5.18. The van der Waals surface area contributed by atoms with Crippen LogP contribution in [0.1, 0.15) is 20.3 Å². The zero-order valence-electron chi connectivity index (χ0n) is 13.2. The average Bonchev–Trinajstić information content (AvgIpc) is 2.94. The zero-order valence-corrected chi connectivity index (χ0v) is 13.2. The van der Waals surface area contributed by atoms with Crippen LogP contribution >= 0.6 is 0 Å². The number of fused-ring (bicyclic) bond motifs is 1. The number of carbonyl (C=O) groups excluding carboxylic acids is 2. The fourth-order valence-corrected chi connectivity index (χ4v) is 2.51. The number of hydrogen-bond donors (Lipinski definition) is 1. The Bertz CT molecular complexity index is 648. The number of hydrogen-bond acceptors (Lipinski definition) is 2. The van der Waals surface area contributed by atoms with E-state index >= 15 is 0 Å². The molecule has 2 amide bonds. The molecule has 0 bridgehead atoms. The number of aryl methyl sites for hydroxylation is 1. The van der Waals surface area contributed by atoms with Gasteiger partial charge in [0.05, 0.1) is 6.54 Å². The summed E-state index contributed by atoms with van der Waals surface area (Å²) in [5.74, 6) is -0.101. The topological polar surface area (TPSA) is 54.3 Å². The molecule has 2 rings (SSSR count). The van der Waals surface area contributed by atoms with Crippen molar-refractivity contribution in [2.75, 3.05) is 19.6 Å². The van der Waals surface area contributed by atoms with Crippen molar-refractivity contribution in [3.8, 4) is 0 Å². The maximum atomic E-state index is 12.3. The molecule has 2 aromatic rings. The third kappa shape index (κ3) is 3.87. The summed E-state index contributed by atoms with van der Waals surface area (Å²) < 4.78 is 2.08.